The molecule has 0 spiro atoms. The van der Waals surface area contributed by atoms with Crippen molar-refractivity contribution < 1.29 is 4.79 Å². The number of rotatable bonds is 2. The number of nitrogens with zero attached hydrogens (tertiary/aromatic N) is 2. The number of nitrogens with one attached hydrogen (secondary N) is 1. The van der Waals surface area contributed by atoms with Crippen LogP contribution in [0.3, 0.4) is 0 Å². The normalized spacial score (nSPS) is 10.5. The van der Waals surface area contributed by atoms with Crippen LogP contribution in [-0.4, -0.2) is 21.7 Å². The highest BCUT2D eigenvalue weighted by Crippen LogP contribution is 2.09. The molecule has 1 heterocycles. The third kappa shape index (κ3) is 2.68. The van der Waals surface area contributed by atoms with Crippen molar-refractivity contribution in [2.24, 2.45) is 7.05 Å². The molecule has 0 aliphatic heterocycles. The van der Waals surface area contributed by atoms with Gasteiger partial charge in [-0.15, -0.1) is 0 Å². The molecule has 0 atom stereocenters. The molecule has 0 aromatic carbocycles. The zero-order valence-corrected chi connectivity index (χ0v) is 9.99. The van der Waals surface area contributed by atoms with Crippen LogP contribution in [0.15, 0.2) is 6.20 Å². The quantitative estimate of drug-likeness (QED) is 0.832. The van der Waals surface area contributed by atoms with E-state index in [-0.39, 0.29) is 11.9 Å². The minimum absolute atomic E-state index is 0.111. The van der Waals surface area contributed by atoms with Gasteiger partial charge in [0.05, 0.1) is 3.57 Å². The van der Waals surface area contributed by atoms with Crippen molar-refractivity contribution in [3.05, 3.63) is 15.5 Å². The second kappa shape index (κ2) is 4.08. The second-order valence-corrected chi connectivity index (χ2v) is 4.29. The molecule has 0 bridgehead atoms. The summed E-state index contributed by atoms with van der Waals surface area (Å²) in [5.41, 5.74) is 0.497. The van der Waals surface area contributed by atoms with Gasteiger partial charge in [-0.1, -0.05) is 0 Å². The van der Waals surface area contributed by atoms with E-state index >= 15 is 0 Å². The fraction of sp³-hybridized carbons (Fsp3) is 0.500. The maximum Gasteiger partial charge on any atom is 0.273 e. The monoisotopic (exact) mass is 293 g/mol. The molecule has 0 saturated heterocycles. The molecule has 1 amide bonds. The molecule has 0 fully saturated rings. The lowest BCUT2D eigenvalue weighted by molar-refractivity contribution is 0.0936. The van der Waals surface area contributed by atoms with Gasteiger partial charge in [0.1, 0.15) is 0 Å². The molecule has 5 heteroatoms. The van der Waals surface area contributed by atoms with E-state index in [0.29, 0.717) is 5.69 Å². The van der Waals surface area contributed by atoms with Gasteiger partial charge in [-0.05, 0) is 36.4 Å². The van der Waals surface area contributed by atoms with Crippen molar-refractivity contribution in [1.82, 2.24) is 15.1 Å². The summed E-state index contributed by atoms with van der Waals surface area (Å²) in [7, 11) is 1.80. The molecule has 1 aromatic heterocycles. The van der Waals surface area contributed by atoms with E-state index in [0.717, 1.165) is 3.57 Å². The first kappa shape index (κ1) is 10.5. The van der Waals surface area contributed by atoms with E-state index in [4.69, 9.17) is 0 Å². The standard InChI is InChI=1S/C8H12IN3O/c1-5(2)10-8(13)7-6(9)4-12(3)11-7/h4-5H,1-3H3,(H,10,13). The Bertz CT molecular complexity index is 319. The van der Waals surface area contributed by atoms with E-state index in [1.54, 1.807) is 11.7 Å². The molecule has 0 aliphatic carbocycles. The summed E-state index contributed by atoms with van der Waals surface area (Å²) in [6.45, 7) is 3.85. The lowest BCUT2D eigenvalue weighted by atomic mass is 10.3. The van der Waals surface area contributed by atoms with Crippen LogP contribution in [0.5, 0.6) is 0 Å². The molecule has 0 radical (unpaired) electrons. The lowest BCUT2D eigenvalue weighted by Gasteiger charge is -2.05. The Morgan fingerprint density at radius 1 is 1.69 bits per heavy atom. The Balaban J connectivity index is 2.82. The van der Waals surface area contributed by atoms with Gasteiger partial charge in [-0.2, -0.15) is 5.10 Å². The van der Waals surface area contributed by atoms with Crippen LogP contribution in [0.2, 0.25) is 0 Å². The van der Waals surface area contributed by atoms with Gasteiger partial charge in [0, 0.05) is 19.3 Å². The Kier molecular flexibility index (Phi) is 3.29. The third-order valence-corrected chi connectivity index (χ3v) is 2.21. The zero-order chi connectivity index (χ0) is 10.0. The van der Waals surface area contributed by atoms with Crippen LogP contribution in [0.1, 0.15) is 24.3 Å². The molecule has 1 aromatic rings. The number of aryl methyl sites for hydroxylation is 1. The number of carbonyl (C=O) groups excluding carboxylic acids is 1. The number of aromatic nitrogens is 2. The predicted molar refractivity (Wildman–Crippen MR) is 58.5 cm³/mol. The van der Waals surface area contributed by atoms with E-state index < -0.39 is 0 Å². The maximum absolute atomic E-state index is 11.5. The van der Waals surface area contributed by atoms with Crippen molar-refractivity contribution >= 4 is 28.5 Å². The number of carbonyl (C=O) groups is 1. The fourth-order valence-electron chi connectivity index (χ4n) is 0.944. The fourth-order valence-corrected chi connectivity index (χ4v) is 1.70. The molecule has 0 saturated carbocycles. The van der Waals surface area contributed by atoms with Crippen LogP contribution >= 0.6 is 22.6 Å². The first-order valence-corrected chi connectivity index (χ1v) is 5.08. The van der Waals surface area contributed by atoms with Gasteiger partial charge in [0.25, 0.3) is 5.91 Å². The largest absolute Gasteiger partial charge is 0.348 e. The van der Waals surface area contributed by atoms with Crippen molar-refractivity contribution in [2.75, 3.05) is 0 Å². The molecule has 72 valence electrons. The van der Waals surface area contributed by atoms with Gasteiger partial charge in [-0.3, -0.25) is 9.48 Å². The summed E-state index contributed by atoms with van der Waals surface area (Å²) in [6, 6.07) is 0.144. The minimum Gasteiger partial charge on any atom is -0.348 e. The topological polar surface area (TPSA) is 46.9 Å². The Labute approximate surface area is 90.8 Å². The molecule has 1 rings (SSSR count). The van der Waals surface area contributed by atoms with Crippen molar-refractivity contribution in [1.29, 1.82) is 0 Å². The van der Waals surface area contributed by atoms with E-state index in [2.05, 4.69) is 33.0 Å². The second-order valence-electron chi connectivity index (χ2n) is 3.13. The van der Waals surface area contributed by atoms with Crippen LogP contribution in [0, 0.1) is 3.57 Å². The van der Waals surface area contributed by atoms with E-state index in [1.165, 1.54) is 0 Å². The zero-order valence-electron chi connectivity index (χ0n) is 7.84. The summed E-state index contributed by atoms with van der Waals surface area (Å²) < 4.78 is 2.51. The van der Waals surface area contributed by atoms with Crippen LogP contribution < -0.4 is 5.32 Å². The summed E-state index contributed by atoms with van der Waals surface area (Å²) >= 11 is 2.10. The van der Waals surface area contributed by atoms with Crippen LogP contribution in [0.4, 0.5) is 0 Å². The number of hydrogen-bond donors (Lipinski definition) is 1. The van der Waals surface area contributed by atoms with Crippen molar-refractivity contribution in [3.63, 3.8) is 0 Å². The highest BCUT2D eigenvalue weighted by molar-refractivity contribution is 14.1. The number of hydrogen-bond acceptors (Lipinski definition) is 2. The van der Waals surface area contributed by atoms with Gasteiger partial charge in [0.2, 0.25) is 0 Å². The highest BCUT2D eigenvalue weighted by atomic mass is 127. The molecular formula is C8H12IN3O. The number of halogens is 1. The first-order valence-electron chi connectivity index (χ1n) is 4.00. The predicted octanol–water partition coefficient (Wildman–Crippen LogP) is 1.16. The molecule has 13 heavy (non-hydrogen) atoms. The highest BCUT2D eigenvalue weighted by Gasteiger charge is 2.14. The Hall–Kier alpha value is -0.590. The summed E-state index contributed by atoms with van der Waals surface area (Å²) in [5, 5.41) is 6.85. The van der Waals surface area contributed by atoms with Crippen molar-refractivity contribution in [2.45, 2.75) is 19.9 Å². The average Bonchev–Trinajstić information content (AvgIpc) is 2.28. The van der Waals surface area contributed by atoms with Crippen molar-refractivity contribution in [3.8, 4) is 0 Å². The van der Waals surface area contributed by atoms with E-state index in [1.807, 2.05) is 20.0 Å². The average molecular weight is 293 g/mol. The number of amides is 1. The van der Waals surface area contributed by atoms with Gasteiger partial charge >= 0.3 is 0 Å². The Morgan fingerprint density at radius 3 is 2.69 bits per heavy atom. The van der Waals surface area contributed by atoms with Crippen LogP contribution in [-0.2, 0) is 7.05 Å². The van der Waals surface area contributed by atoms with E-state index in [9.17, 15) is 4.79 Å². The van der Waals surface area contributed by atoms with Gasteiger partial charge < -0.3 is 5.32 Å². The molecule has 4 nitrogen and oxygen atoms in total. The SMILES string of the molecule is CC(C)NC(=O)c1nn(C)cc1I. The minimum atomic E-state index is -0.111. The molecule has 0 aliphatic rings. The first-order chi connectivity index (χ1) is 6.00. The van der Waals surface area contributed by atoms with Crippen LogP contribution in [0.25, 0.3) is 0 Å². The summed E-state index contributed by atoms with van der Waals surface area (Å²) in [5.74, 6) is -0.111. The molecule has 1 N–H and O–H groups in total. The Morgan fingerprint density at radius 2 is 2.31 bits per heavy atom. The van der Waals surface area contributed by atoms with Gasteiger partial charge in [0.15, 0.2) is 5.69 Å². The maximum atomic E-state index is 11.5. The lowest BCUT2D eigenvalue weighted by Crippen LogP contribution is -2.31. The summed E-state index contributed by atoms with van der Waals surface area (Å²) in [6.07, 6.45) is 1.82. The smallest absolute Gasteiger partial charge is 0.273 e. The molecular weight excluding hydrogens is 281 g/mol. The third-order valence-electron chi connectivity index (χ3n) is 1.42. The summed E-state index contributed by atoms with van der Waals surface area (Å²) in [4.78, 5) is 11.5. The molecule has 0 unspecified atom stereocenters. The van der Waals surface area contributed by atoms with Gasteiger partial charge in [-0.25, -0.2) is 0 Å².